The van der Waals surface area contributed by atoms with Gasteiger partial charge in [0, 0.05) is 4.47 Å². The zero-order valence-corrected chi connectivity index (χ0v) is 10.6. The van der Waals surface area contributed by atoms with Crippen molar-refractivity contribution in [3.63, 3.8) is 0 Å². The summed E-state index contributed by atoms with van der Waals surface area (Å²) in [7, 11) is 0. The standard InChI is InChI=1S/C11H13BrClNO/c12-8-1-2-10(13)11(7-8)15-9-3-5-14-6-4-9/h1-2,7,9,14H,3-6H2. The normalized spacial score (nSPS) is 17.7. The van der Waals surface area contributed by atoms with Crippen molar-refractivity contribution in [2.45, 2.75) is 18.9 Å². The van der Waals surface area contributed by atoms with Gasteiger partial charge in [-0.25, -0.2) is 0 Å². The zero-order chi connectivity index (χ0) is 10.7. The molecule has 0 aliphatic carbocycles. The summed E-state index contributed by atoms with van der Waals surface area (Å²) in [5, 5.41) is 3.98. The highest BCUT2D eigenvalue weighted by Crippen LogP contribution is 2.29. The van der Waals surface area contributed by atoms with Gasteiger partial charge < -0.3 is 10.1 Å². The number of rotatable bonds is 2. The van der Waals surface area contributed by atoms with Gasteiger partial charge in [-0.3, -0.25) is 0 Å². The molecule has 1 saturated heterocycles. The van der Waals surface area contributed by atoms with Crippen molar-refractivity contribution < 1.29 is 4.74 Å². The number of hydrogen-bond donors (Lipinski definition) is 1. The average molecular weight is 291 g/mol. The molecule has 0 bridgehead atoms. The first-order valence-electron chi connectivity index (χ1n) is 5.08. The number of hydrogen-bond acceptors (Lipinski definition) is 2. The van der Waals surface area contributed by atoms with Crippen LogP contribution in [0.1, 0.15) is 12.8 Å². The quantitative estimate of drug-likeness (QED) is 0.903. The van der Waals surface area contributed by atoms with Crippen LogP contribution in [-0.2, 0) is 0 Å². The van der Waals surface area contributed by atoms with Crippen LogP contribution < -0.4 is 10.1 Å². The van der Waals surface area contributed by atoms with E-state index in [1.54, 1.807) is 0 Å². The monoisotopic (exact) mass is 289 g/mol. The number of piperidine rings is 1. The number of ether oxygens (including phenoxy) is 1. The van der Waals surface area contributed by atoms with Crippen LogP contribution in [0.25, 0.3) is 0 Å². The molecule has 4 heteroatoms. The first-order valence-corrected chi connectivity index (χ1v) is 6.25. The molecule has 0 atom stereocenters. The van der Waals surface area contributed by atoms with E-state index >= 15 is 0 Å². The summed E-state index contributed by atoms with van der Waals surface area (Å²) >= 11 is 9.46. The van der Waals surface area contributed by atoms with Crippen LogP contribution in [0.5, 0.6) is 5.75 Å². The molecule has 2 rings (SSSR count). The first-order chi connectivity index (χ1) is 7.25. The van der Waals surface area contributed by atoms with Crippen molar-refractivity contribution in [3.8, 4) is 5.75 Å². The summed E-state index contributed by atoms with van der Waals surface area (Å²) in [6, 6.07) is 5.68. The highest BCUT2D eigenvalue weighted by atomic mass is 79.9. The van der Waals surface area contributed by atoms with Crippen molar-refractivity contribution in [2.24, 2.45) is 0 Å². The first kappa shape index (κ1) is 11.2. The third kappa shape index (κ3) is 3.10. The third-order valence-electron chi connectivity index (χ3n) is 2.47. The minimum absolute atomic E-state index is 0.290. The fraction of sp³-hybridized carbons (Fsp3) is 0.455. The minimum atomic E-state index is 0.290. The number of nitrogens with one attached hydrogen (secondary N) is 1. The predicted octanol–water partition coefficient (Wildman–Crippen LogP) is 3.23. The van der Waals surface area contributed by atoms with Crippen molar-refractivity contribution in [3.05, 3.63) is 27.7 Å². The SMILES string of the molecule is Clc1ccc(Br)cc1OC1CCNCC1. The van der Waals surface area contributed by atoms with E-state index in [0.717, 1.165) is 36.2 Å². The Balaban J connectivity index is 2.05. The molecule has 1 aliphatic heterocycles. The van der Waals surface area contributed by atoms with Gasteiger partial charge in [0.05, 0.1) is 5.02 Å². The summed E-state index contributed by atoms with van der Waals surface area (Å²) in [6.07, 6.45) is 2.38. The molecule has 1 aliphatic rings. The van der Waals surface area contributed by atoms with Gasteiger partial charge in [-0.2, -0.15) is 0 Å². The van der Waals surface area contributed by atoms with Crippen molar-refractivity contribution in [2.75, 3.05) is 13.1 Å². The largest absolute Gasteiger partial charge is 0.489 e. The van der Waals surface area contributed by atoms with E-state index in [4.69, 9.17) is 16.3 Å². The van der Waals surface area contributed by atoms with Crippen LogP contribution >= 0.6 is 27.5 Å². The highest BCUT2D eigenvalue weighted by molar-refractivity contribution is 9.10. The van der Waals surface area contributed by atoms with Crippen LogP contribution in [0.2, 0.25) is 5.02 Å². The lowest BCUT2D eigenvalue weighted by atomic mass is 10.1. The van der Waals surface area contributed by atoms with E-state index in [1.807, 2.05) is 18.2 Å². The van der Waals surface area contributed by atoms with Gasteiger partial charge in [-0.05, 0) is 44.1 Å². The van der Waals surface area contributed by atoms with Crippen molar-refractivity contribution >= 4 is 27.5 Å². The van der Waals surface area contributed by atoms with Gasteiger partial charge >= 0.3 is 0 Å². The fourth-order valence-corrected chi connectivity index (χ4v) is 2.16. The minimum Gasteiger partial charge on any atom is -0.489 e. The lowest BCUT2D eigenvalue weighted by Crippen LogP contribution is -2.34. The molecule has 0 unspecified atom stereocenters. The van der Waals surface area contributed by atoms with Crippen LogP contribution in [0.15, 0.2) is 22.7 Å². The van der Waals surface area contributed by atoms with Gasteiger partial charge in [0.15, 0.2) is 0 Å². The molecule has 15 heavy (non-hydrogen) atoms. The molecule has 2 nitrogen and oxygen atoms in total. The second kappa shape index (κ2) is 5.19. The Labute approximate surface area is 103 Å². The topological polar surface area (TPSA) is 21.3 Å². The maximum Gasteiger partial charge on any atom is 0.139 e. The Hall–Kier alpha value is -0.250. The Morgan fingerprint density at radius 2 is 2.07 bits per heavy atom. The molecule has 82 valence electrons. The zero-order valence-electron chi connectivity index (χ0n) is 8.30. The average Bonchev–Trinajstić information content (AvgIpc) is 2.25. The Morgan fingerprint density at radius 1 is 1.33 bits per heavy atom. The molecular weight excluding hydrogens is 277 g/mol. The van der Waals surface area contributed by atoms with Crippen LogP contribution in [0, 0.1) is 0 Å². The predicted molar refractivity (Wildman–Crippen MR) is 65.7 cm³/mol. The lowest BCUT2D eigenvalue weighted by molar-refractivity contribution is 0.162. The van der Waals surface area contributed by atoms with Crippen LogP contribution in [0.3, 0.4) is 0 Å². The third-order valence-corrected chi connectivity index (χ3v) is 3.28. The lowest BCUT2D eigenvalue weighted by Gasteiger charge is -2.24. The molecule has 0 aromatic heterocycles. The second-order valence-electron chi connectivity index (χ2n) is 3.64. The summed E-state index contributed by atoms with van der Waals surface area (Å²) in [5.41, 5.74) is 0. The van der Waals surface area contributed by atoms with Gasteiger partial charge in [0.1, 0.15) is 11.9 Å². The molecule has 0 radical (unpaired) electrons. The summed E-state index contributed by atoms with van der Waals surface area (Å²) in [5.74, 6) is 0.776. The van der Waals surface area contributed by atoms with E-state index in [9.17, 15) is 0 Å². The molecule has 1 fully saturated rings. The number of halogens is 2. The fourth-order valence-electron chi connectivity index (χ4n) is 1.66. The van der Waals surface area contributed by atoms with E-state index < -0.39 is 0 Å². The van der Waals surface area contributed by atoms with Crippen LogP contribution in [0.4, 0.5) is 0 Å². The summed E-state index contributed by atoms with van der Waals surface area (Å²) < 4.78 is 6.86. The highest BCUT2D eigenvalue weighted by Gasteiger charge is 2.15. The maximum absolute atomic E-state index is 6.05. The van der Waals surface area contributed by atoms with Gasteiger partial charge in [-0.1, -0.05) is 27.5 Å². The van der Waals surface area contributed by atoms with E-state index in [-0.39, 0.29) is 6.10 Å². The molecule has 0 saturated carbocycles. The smallest absolute Gasteiger partial charge is 0.139 e. The molecular formula is C11H13BrClNO. The van der Waals surface area contributed by atoms with Crippen molar-refractivity contribution in [1.82, 2.24) is 5.32 Å². The maximum atomic E-state index is 6.05. The number of benzene rings is 1. The molecule has 1 heterocycles. The Kier molecular flexibility index (Phi) is 3.89. The summed E-state index contributed by atoms with van der Waals surface area (Å²) in [6.45, 7) is 2.05. The molecule has 0 spiro atoms. The summed E-state index contributed by atoms with van der Waals surface area (Å²) in [4.78, 5) is 0. The Morgan fingerprint density at radius 3 is 2.80 bits per heavy atom. The van der Waals surface area contributed by atoms with E-state index in [1.165, 1.54) is 0 Å². The van der Waals surface area contributed by atoms with Crippen LogP contribution in [-0.4, -0.2) is 19.2 Å². The van der Waals surface area contributed by atoms with Gasteiger partial charge in [0.2, 0.25) is 0 Å². The second-order valence-corrected chi connectivity index (χ2v) is 4.96. The molecule has 0 amide bonds. The molecule has 1 N–H and O–H groups in total. The molecule has 1 aromatic carbocycles. The Bertz CT molecular complexity index is 339. The van der Waals surface area contributed by atoms with Crippen molar-refractivity contribution in [1.29, 1.82) is 0 Å². The van der Waals surface area contributed by atoms with E-state index in [2.05, 4.69) is 21.2 Å². The molecule has 1 aromatic rings. The van der Waals surface area contributed by atoms with E-state index in [0.29, 0.717) is 5.02 Å². The van der Waals surface area contributed by atoms with Gasteiger partial charge in [-0.15, -0.1) is 0 Å². The van der Waals surface area contributed by atoms with Gasteiger partial charge in [0.25, 0.3) is 0 Å².